The first kappa shape index (κ1) is 13.5. The Balaban J connectivity index is 2.27. The average molecular weight is 237 g/mol. The van der Waals surface area contributed by atoms with Crippen molar-refractivity contribution in [2.75, 3.05) is 6.61 Å². The maximum atomic E-state index is 10.7. The van der Waals surface area contributed by atoms with Gasteiger partial charge in [-0.15, -0.1) is 0 Å². The third-order valence-electron chi connectivity index (χ3n) is 2.47. The Morgan fingerprint density at radius 2 is 2.12 bits per heavy atom. The summed E-state index contributed by atoms with van der Waals surface area (Å²) in [6.45, 7) is 2.81. The highest BCUT2D eigenvalue weighted by Crippen LogP contribution is 2.12. The van der Waals surface area contributed by atoms with Crippen LogP contribution in [0.2, 0.25) is 0 Å². The van der Waals surface area contributed by atoms with Gasteiger partial charge in [-0.25, -0.2) is 9.78 Å². The van der Waals surface area contributed by atoms with Crippen LogP contribution in [0.4, 0.5) is 0 Å². The summed E-state index contributed by atoms with van der Waals surface area (Å²) in [5.41, 5.74) is 0.0217. The second-order valence-corrected chi connectivity index (χ2v) is 3.94. The van der Waals surface area contributed by atoms with Crippen molar-refractivity contribution in [3.63, 3.8) is 0 Å². The second-order valence-electron chi connectivity index (χ2n) is 3.94. The lowest BCUT2D eigenvalue weighted by Gasteiger charge is -2.06. The summed E-state index contributed by atoms with van der Waals surface area (Å²) < 4.78 is 5.47. The molecule has 0 unspecified atom stereocenters. The Morgan fingerprint density at radius 1 is 1.35 bits per heavy atom. The molecule has 0 amide bonds. The largest absolute Gasteiger partial charge is 0.493 e. The number of aromatic carboxylic acids is 1. The molecule has 17 heavy (non-hydrogen) atoms. The van der Waals surface area contributed by atoms with Crippen molar-refractivity contribution >= 4 is 5.97 Å². The number of aromatic nitrogens is 1. The van der Waals surface area contributed by atoms with Crippen LogP contribution in [0.5, 0.6) is 5.75 Å². The van der Waals surface area contributed by atoms with E-state index < -0.39 is 5.97 Å². The summed E-state index contributed by atoms with van der Waals surface area (Å²) in [5, 5.41) is 8.76. The first-order chi connectivity index (χ1) is 8.24. The van der Waals surface area contributed by atoms with Crippen molar-refractivity contribution in [2.45, 2.75) is 39.0 Å². The molecule has 1 aromatic rings. The van der Waals surface area contributed by atoms with Crippen LogP contribution < -0.4 is 4.74 Å². The Morgan fingerprint density at radius 3 is 2.82 bits per heavy atom. The molecule has 0 aliphatic heterocycles. The number of rotatable bonds is 8. The molecule has 1 N–H and O–H groups in total. The lowest BCUT2D eigenvalue weighted by atomic mass is 10.2. The normalized spacial score (nSPS) is 10.2. The number of hydrogen-bond acceptors (Lipinski definition) is 3. The minimum atomic E-state index is -1.03. The van der Waals surface area contributed by atoms with E-state index in [4.69, 9.17) is 9.84 Å². The van der Waals surface area contributed by atoms with E-state index in [0.29, 0.717) is 12.4 Å². The van der Waals surface area contributed by atoms with E-state index in [9.17, 15) is 4.79 Å². The number of unbranched alkanes of at least 4 members (excludes halogenated alkanes) is 4. The van der Waals surface area contributed by atoms with Gasteiger partial charge in [0.2, 0.25) is 0 Å². The summed E-state index contributed by atoms with van der Waals surface area (Å²) in [4.78, 5) is 14.4. The lowest BCUT2D eigenvalue weighted by molar-refractivity contribution is 0.0690. The second kappa shape index (κ2) is 7.65. The zero-order valence-electron chi connectivity index (χ0n) is 10.2. The molecule has 1 heterocycles. The summed E-state index contributed by atoms with van der Waals surface area (Å²) in [6.07, 6.45) is 7.34. The molecular weight excluding hydrogens is 218 g/mol. The number of ether oxygens (including phenoxy) is 1. The third-order valence-corrected chi connectivity index (χ3v) is 2.47. The summed E-state index contributed by atoms with van der Waals surface area (Å²) in [5.74, 6) is -0.453. The standard InChI is InChI=1S/C13H19NO3/c1-2-3-4-5-6-9-17-11-7-8-14-12(10-11)13(15)16/h7-8,10H,2-6,9H2,1H3,(H,15,16). The predicted molar refractivity (Wildman–Crippen MR) is 65.5 cm³/mol. The van der Waals surface area contributed by atoms with E-state index in [0.717, 1.165) is 12.8 Å². The zero-order chi connectivity index (χ0) is 12.5. The van der Waals surface area contributed by atoms with Crippen LogP contribution in [0.1, 0.15) is 49.5 Å². The molecule has 0 saturated heterocycles. The quantitative estimate of drug-likeness (QED) is 0.706. The molecular formula is C13H19NO3. The third kappa shape index (κ3) is 5.33. The number of hydrogen-bond donors (Lipinski definition) is 1. The molecule has 1 aromatic heterocycles. The molecule has 0 aliphatic rings. The predicted octanol–water partition coefficient (Wildman–Crippen LogP) is 3.13. The van der Waals surface area contributed by atoms with E-state index in [2.05, 4.69) is 11.9 Å². The van der Waals surface area contributed by atoms with Gasteiger partial charge in [0, 0.05) is 12.3 Å². The molecule has 0 aromatic carbocycles. The van der Waals surface area contributed by atoms with Crippen LogP contribution in [0, 0.1) is 0 Å². The number of carboxylic acid groups (broad SMARTS) is 1. The van der Waals surface area contributed by atoms with Gasteiger partial charge in [0.05, 0.1) is 6.61 Å². The van der Waals surface area contributed by atoms with Crippen molar-refractivity contribution in [1.29, 1.82) is 0 Å². The van der Waals surface area contributed by atoms with Crippen molar-refractivity contribution in [3.05, 3.63) is 24.0 Å². The minimum Gasteiger partial charge on any atom is -0.493 e. The number of carbonyl (C=O) groups is 1. The van der Waals surface area contributed by atoms with Gasteiger partial charge in [0.15, 0.2) is 5.69 Å². The Labute approximate surface area is 102 Å². The van der Waals surface area contributed by atoms with E-state index in [1.165, 1.54) is 31.5 Å². The van der Waals surface area contributed by atoms with Crippen molar-refractivity contribution in [2.24, 2.45) is 0 Å². The van der Waals surface area contributed by atoms with Gasteiger partial charge in [-0.2, -0.15) is 0 Å². The molecule has 4 heteroatoms. The van der Waals surface area contributed by atoms with E-state index >= 15 is 0 Å². The molecule has 0 aliphatic carbocycles. The number of nitrogens with zero attached hydrogens (tertiary/aromatic N) is 1. The van der Waals surface area contributed by atoms with Gasteiger partial charge >= 0.3 is 5.97 Å². The highest BCUT2D eigenvalue weighted by Gasteiger charge is 2.05. The molecule has 94 valence electrons. The molecule has 0 spiro atoms. The van der Waals surface area contributed by atoms with Crippen molar-refractivity contribution < 1.29 is 14.6 Å². The van der Waals surface area contributed by atoms with Crippen LogP contribution in [-0.2, 0) is 0 Å². The van der Waals surface area contributed by atoms with Gasteiger partial charge in [-0.05, 0) is 12.5 Å². The zero-order valence-corrected chi connectivity index (χ0v) is 10.2. The summed E-state index contributed by atoms with van der Waals surface area (Å²) in [6, 6.07) is 3.13. The van der Waals surface area contributed by atoms with Gasteiger partial charge in [-0.3, -0.25) is 0 Å². The molecule has 0 radical (unpaired) electrons. The first-order valence-corrected chi connectivity index (χ1v) is 6.06. The maximum absolute atomic E-state index is 10.7. The fourth-order valence-electron chi connectivity index (χ4n) is 1.51. The Bertz CT molecular complexity index is 352. The van der Waals surface area contributed by atoms with Crippen LogP contribution in [0.25, 0.3) is 0 Å². The highest BCUT2D eigenvalue weighted by molar-refractivity contribution is 5.85. The van der Waals surface area contributed by atoms with Crippen molar-refractivity contribution in [1.82, 2.24) is 4.98 Å². The van der Waals surface area contributed by atoms with Crippen LogP contribution >= 0.6 is 0 Å². The summed E-state index contributed by atoms with van der Waals surface area (Å²) in [7, 11) is 0. The molecule has 4 nitrogen and oxygen atoms in total. The number of pyridine rings is 1. The molecule has 1 rings (SSSR count). The monoisotopic (exact) mass is 237 g/mol. The Hall–Kier alpha value is -1.58. The van der Waals surface area contributed by atoms with Gasteiger partial charge in [0.25, 0.3) is 0 Å². The van der Waals surface area contributed by atoms with E-state index in [-0.39, 0.29) is 5.69 Å². The molecule has 0 saturated carbocycles. The molecule has 0 fully saturated rings. The first-order valence-electron chi connectivity index (χ1n) is 6.06. The fraction of sp³-hybridized carbons (Fsp3) is 0.538. The van der Waals surface area contributed by atoms with Crippen LogP contribution in [0.15, 0.2) is 18.3 Å². The van der Waals surface area contributed by atoms with Crippen LogP contribution in [-0.4, -0.2) is 22.7 Å². The SMILES string of the molecule is CCCCCCCOc1ccnc(C(=O)O)c1. The van der Waals surface area contributed by atoms with Crippen LogP contribution in [0.3, 0.4) is 0 Å². The smallest absolute Gasteiger partial charge is 0.354 e. The minimum absolute atomic E-state index is 0.0217. The average Bonchev–Trinajstić information content (AvgIpc) is 2.34. The Kier molecular flexibility index (Phi) is 6.07. The molecule has 0 atom stereocenters. The lowest BCUT2D eigenvalue weighted by Crippen LogP contribution is -2.02. The topological polar surface area (TPSA) is 59.4 Å². The highest BCUT2D eigenvalue weighted by atomic mass is 16.5. The molecule has 0 bridgehead atoms. The van der Waals surface area contributed by atoms with Gasteiger partial charge in [-0.1, -0.05) is 32.6 Å². The summed E-state index contributed by atoms with van der Waals surface area (Å²) >= 11 is 0. The maximum Gasteiger partial charge on any atom is 0.354 e. The van der Waals surface area contributed by atoms with Crippen molar-refractivity contribution in [3.8, 4) is 5.75 Å². The fourth-order valence-corrected chi connectivity index (χ4v) is 1.51. The van der Waals surface area contributed by atoms with Gasteiger partial charge < -0.3 is 9.84 Å². The van der Waals surface area contributed by atoms with E-state index in [1.54, 1.807) is 6.07 Å². The van der Waals surface area contributed by atoms with E-state index in [1.807, 2.05) is 0 Å². The number of carboxylic acids is 1. The van der Waals surface area contributed by atoms with Gasteiger partial charge in [0.1, 0.15) is 5.75 Å².